The first-order valence-electron chi connectivity index (χ1n) is 8.33. The van der Waals surface area contributed by atoms with Gasteiger partial charge >= 0.3 is 0 Å². The van der Waals surface area contributed by atoms with Crippen molar-refractivity contribution in [3.63, 3.8) is 0 Å². The number of aliphatic hydroxyl groups excluding tert-OH is 3. The first-order chi connectivity index (χ1) is 12.4. The van der Waals surface area contributed by atoms with E-state index in [4.69, 9.17) is 4.74 Å². The van der Waals surface area contributed by atoms with Crippen molar-refractivity contribution < 1.29 is 25.2 Å². The van der Waals surface area contributed by atoms with Gasteiger partial charge in [0, 0.05) is 6.42 Å². The van der Waals surface area contributed by atoms with Gasteiger partial charge < -0.3 is 25.2 Å². The van der Waals surface area contributed by atoms with Gasteiger partial charge in [-0.2, -0.15) is 0 Å². The first kappa shape index (κ1) is 18.9. The molecule has 0 saturated carbocycles. The summed E-state index contributed by atoms with van der Waals surface area (Å²) >= 11 is 4.27. The number of aliphatic hydroxyl groups is 4. The molecule has 2 aromatic carbocycles. The molecule has 0 aromatic heterocycles. The zero-order chi connectivity index (χ0) is 18.7. The number of ether oxygens (including phenoxy) is 1. The molecule has 5 atom stereocenters. The zero-order valence-electron chi connectivity index (χ0n) is 14.0. The van der Waals surface area contributed by atoms with Crippen LogP contribution in [0.4, 0.5) is 0 Å². The van der Waals surface area contributed by atoms with E-state index in [1.165, 1.54) is 6.08 Å². The van der Waals surface area contributed by atoms with Crippen molar-refractivity contribution in [1.82, 2.24) is 0 Å². The molecule has 4 N–H and O–H groups in total. The van der Waals surface area contributed by atoms with Crippen molar-refractivity contribution >= 4 is 18.7 Å². The molecule has 5 nitrogen and oxygen atoms in total. The molecule has 2 aromatic rings. The van der Waals surface area contributed by atoms with Crippen molar-refractivity contribution in [3.8, 4) is 0 Å². The van der Waals surface area contributed by atoms with Crippen LogP contribution in [0.5, 0.6) is 0 Å². The average molecular weight is 374 g/mol. The molecule has 0 aliphatic carbocycles. The topological polar surface area (TPSA) is 90.2 Å². The highest BCUT2D eigenvalue weighted by Crippen LogP contribution is 2.36. The normalized spacial score (nSPS) is 32.4. The Morgan fingerprint density at radius 3 is 2.23 bits per heavy atom. The summed E-state index contributed by atoms with van der Waals surface area (Å²) in [6.45, 7) is 0. The lowest BCUT2D eigenvalue weighted by molar-refractivity contribution is -0.241. The Hall–Kier alpha value is -1.83. The van der Waals surface area contributed by atoms with E-state index in [0.717, 1.165) is 11.1 Å². The second-order valence-electron chi connectivity index (χ2n) is 6.48. The van der Waals surface area contributed by atoms with Crippen LogP contribution in [0.25, 0.3) is 6.08 Å². The molecule has 1 saturated heterocycles. The molecule has 0 amide bonds. The minimum atomic E-state index is -1.80. The largest absolute Gasteiger partial charge is 0.509 e. The lowest BCUT2D eigenvalue weighted by atomic mass is 9.82. The number of hydrogen-bond acceptors (Lipinski definition) is 6. The van der Waals surface area contributed by atoms with Crippen molar-refractivity contribution in [2.45, 2.75) is 35.8 Å². The van der Waals surface area contributed by atoms with Gasteiger partial charge in [0.25, 0.3) is 0 Å². The van der Waals surface area contributed by atoms with Crippen molar-refractivity contribution in [3.05, 3.63) is 77.5 Å². The maximum Gasteiger partial charge on any atom is 0.144 e. The van der Waals surface area contributed by atoms with Gasteiger partial charge in [-0.15, -0.1) is 12.6 Å². The number of hydrogen-bond donors (Lipinski definition) is 5. The predicted molar refractivity (Wildman–Crippen MR) is 102 cm³/mol. The van der Waals surface area contributed by atoms with Gasteiger partial charge in [0.2, 0.25) is 0 Å². The standard InChI is InChI=1S/C20H22O5S/c21-15(11-13-7-3-1-4-8-13)17-16(22)18(23)20(24,19(26)25-17)12-14-9-5-2-6-10-14/h1-11,16-19,21-24,26H,12H2/t16-,17-,18+,19+,20-/m1/s1. The predicted octanol–water partition coefficient (Wildman–Crippen LogP) is 1.94. The molecule has 138 valence electrons. The van der Waals surface area contributed by atoms with E-state index < -0.39 is 29.3 Å². The minimum absolute atomic E-state index is 0.0517. The molecule has 1 fully saturated rings. The Bertz CT molecular complexity index is 751. The monoisotopic (exact) mass is 374 g/mol. The van der Waals surface area contributed by atoms with Crippen LogP contribution in [0.3, 0.4) is 0 Å². The molecule has 1 aliphatic rings. The smallest absolute Gasteiger partial charge is 0.144 e. The van der Waals surface area contributed by atoms with Crippen LogP contribution in [0.1, 0.15) is 11.1 Å². The Morgan fingerprint density at radius 1 is 1.04 bits per heavy atom. The van der Waals surface area contributed by atoms with Crippen LogP contribution in [0.15, 0.2) is 66.4 Å². The van der Waals surface area contributed by atoms with Gasteiger partial charge in [-0.25, -0.2) is 0 Å². The van der Waals surface area contributed by atoms with Gasteiger partial charge in [-0.05, 0) is 17.2 Å². The molecule has 1 heterocycles. The third kappa shape index (κ3) is 3.79. The second kappa shape index (κ2) is 7.82. The van der Waals surface area contributed by atoms with Crippen molar-refractivity contribution in [2.24, 2.45) is 0 Å². The van der Waals surface area contributed by atoms with Crippen LogP contribution >= 0.6 is 12.6 Å². The van der Waals surface area contributed by atoms with E-state index in [1.54, 1.807) is 24.3 Å². The van der Waals surface area contributed by atoms with Crippen molar-refractivity contribution in [1.29, 1.82) is 0 Å². The summed E-state index contributed by atoms with van der Waals surface area (Å²) in [5, 5.41) is 42.2. The fraction of sp³-hybridized carbons (Fsp3) is 0.300. The van der Waals surface area contributed by atoms with E-state index in [0.29, 0.717) is 0 Å². The zero-order valence-corrected chi connectivity index (χ0v) is 14.9. The van der Waals surface area contributed by atoms with E-state index in [9.17, 15) is 20.4 Å². The van der Waals surface area contributed by atoms with Gasteiger partial charge in [0.1, 0.15) is 35.1 Å². The lowest BCUT2D eigenvalue weighted by Gasteiger charge is -2.46. The summed E-state index contributed by atoms with van der Waals surface area (Å²) in [6, 6.07) is 18.1. The third-order valence-corrected chi connectivity index (χ3v) is 5.15. The molecular formula is C20H22O5S. The Morgan fingerprint density at radius 2 is 1.62 bits per heavy atom. The summed E-state index contributed by atoms with van der Waals surface area (Å²) in [5.41, 5.74) is -1.41. The quantitative estimate of drug-likeness (QED) is 0.417. The van der Waals surface area contributed by atoms with Crippen LogP contribution in [0, 0.1) is 0 Å². The molecule has 0 bridgehead atoms. The minimum Gasteiger partial charge on any atom is -0.509 e. The SMILES string of the molecule is OC(=Cc1ccccc1)[C@H]1O[C@@H](S)[C@@](O)(Cc2ccccc2)[C@@H](O)[C@@H]1O. The molecule has 3 rings (SSSR count). The Balaban J connectivity index is 1.81. The van der Waals surface area contributed by atoms with E-state index in [1.807, 2.05) is 36.4 Å². The fourth-order valence-electron chi connectivity index (χ4n) is 3.11. The van der Waals surface area contributed by atoms with Crippen LogP contribution in [-0.4, -0.2) is 49.8 Å². The lowest BCUT2D eigenvalue weighted by Crippen LogP contribution is -2.65. The summed E-state index contributed by atoms with van der Waals surface area (Å²) < 4.78 is 5.58. The highest BCUT2D eigenvalue weighted by molar-refractivity contribution is 7.80. The maximum absolute atomic E-state index is 10.9. The summed E-state index contributed by atoms with van der Waals surface area (Å²) in [4.78, 5) is 0. The van der Waals surface area contributed by atoms with E-state index >= 15 is 0 Å². The molecule has 1 aliphatic heterocycles. The molecule has 0 spiro atoms. The molecule has 6 heteroatoms. The van der Waals surface area contributed by atoms with Crippen LogP contribution in [-0.2, 0) is 11.2 Å². The highest BCUT2D eigenvalue weighted by Gasteiger charge is 2.54. The number of benzene rings is 2. The third-order valence-electron chi connectivity index (χ3n) is 4.58. The second-order valence-corrected chi connectivity index (χ2v) is 6.95. The van der Waals surface area contributed by atoms with E-state index in [-0.39, 0.29) is 12.2 Å². The van der Waals surface area contributed by atoms with Crippen LogP contribution < -0.4 is 0 Å². The van der Waals surface area contributed by atoms with Gasteiger partial charge in [-0.1, -0.05) is 60.7 Å². The summed E-state index contributed by atoms with van der Waals surface area (Å²) in [6.07, 6.45) is -2.75. The molecule has 0 unspecified atom stereocenters. The number of rotatable bonds is 4. The average Bonchev–Trinajstić information content (AvgIpc) is 2.65. The first-order valence-corrected chi connectivity index (χ1v) is 8.85. The maximum atomic E-state index is 10.9. The molecule has 0 radical (unpaired) electrons. The van der Waals surface area contributed by atoms with Gasteiger partial charge in [0.05, 0.1) is 0 Å². The fourth-order valence-corrected chi connectivity index (χ4v) is 3.48. The van der Waals surface area contributed by atoms with Gasteiger partial charge in [0.15, 0.2) is 0 Å². The van der Waals surface area contributed by atoms with Crippen LogP contribution in [0.2, 0.25) is 0 Å². The highest BCUT2D eigenvalue weighted by atomic mass is 32.1. The number of thiol groups is 1. The summed E-state index contributed by atoms with van der Waals surface area (Å²) in [5.74, 6) is -0.247. The Labute approximate surface area is 157 Å². The van der Waals surface area contributed by atoms with Crippen molar-refractivity contribution in [2.75, 3.05) is 0 Å². The summed E-state index contributed by atoms with van der Waals surface area (Å²) in [7, 11) is 0. The Kier molecular flexibility index (Phi) is 5.70. The van der Waals surface area contributed by atoms with Gasteiger partial charge in [-0.3, -0.25) is 0 Å². The molecular weight excluding hydrogens is 352 g/mol. The van der Waals surface area contributed by atoms with E-state index in [2.05, 4.69) is 12.6 Å². The molecule has 26 heavy (non-hydrogen) atoms.